The second kappa shape index (κ2) is 17.5. The van der Waals surface area contributed by atoms with E-state index < -0.39 is 11.9 Å². The molecule has 0 saturated heterocycles. The topological polar surface area (TPSA) is 146 Å². The summed E-state index contributed by atoms with van der Waals surface area (Å²) in [6.45, 7) is -0.639. The Morgan fingerprint density at radius 3 is 1.33 bits per heavy atom. The molecule has 1 saturated carbocycles. The van der Waals surface area contributed by atoms with E-state index in [9.17, 15) is 19.8 Å². The Bertz CT molecular complexity index is 242. The number of carbonyl (C=O) groups is 2. The number of carboxylic acids is 2. The van der Waals surface area contributed by atoms with Crippen molar-refractivity contribution in [2.24, 2.45) is 0 Å². The quantitative estimate of drug-likeness (QED) is 0.508. The van der Waals surface area contributed by atoms with Crippen LogP contribution in [0.5, 0.6) is 0 Å². The molecule has 21 heavy (non-hydrogen) atoms. The Hall–Kier alpha value is -0.532. The van der Waals surface area contributed by atoms with Crippen LogP contribution in [0.1, 0.15) is 25.7 Å². The SMILES string of the molecule is COCC(=O)[O-].COCC(=O)[O-].[NH-][C@@H]1CCCC[C@H]1[NH-].[Pt+4]. The molecular formula is C12H22N2O6Pt. The summed E-state index contributed by atoms with van der Waals surface area (Å²) in [6, 6.07) is -0.160. The Kier molecular flexibility index (Phi) is 21.2. The molecule has 2 atom stereocenters. The minimum absolute atomic E-state index is 0. The van der Waals surface area contributed by atoms with Crippen LogP contribution in [0.25, 0.3) is 11.5 Å². The van der Waals surface area contributed by atoms with Crippen LogP contribution in [0.3, 0.4) is 0 Å². The zero-order chi connectivity index (χ0) is 16.0. The molecule has 0 spiro atoms. The Morgan fingerprint density at radius 1 is 0.952 bits per heavy atom. The predicted molar refractivity (Wildman–Crippen MR) is 68.5 cm³/mol. The van der Waals surface area contributed by atoms with E-state index in [4.69, 9.17) is 11.5 Å². The number of rotatable bonds is 4. The number of methoxy groups -OCH3 is 2. The van der Waals surface area contributed by atoms with E-state index in [0.717, 1.165) is 12.8 Å². The summed E-state index contributed by atoms with van der Waals surface area (Å²) in [6.07, 6.45) is 4.25. The van der Waals surface area contributed by atoms with Crippen molar-refractivity contribution in [3.63, 3.8) is 0 Å². The predicted octanol–water partition coefficient (Wildman–Crippen LogP) is -0.835. The molecule has 1 fully saturated rings. The summed E-state index contributed by atoms with van der Waals surface area (Å²) in [7, 11) is 2.60. The van der Waals surface area contributed by atoms with E-state index in [-0.39, 0.29) is 46.4 Å². The van der Waals surface area contributed by atoms with Crippen molar-refractivity contribution in [3.8, 4) is 0 Å². The maximum Gasteiger partial charge on any atom is 4.00 e. The van der Waals surface area contributed by atoms with E-state index in [1.807, 2.05) is 0 Å². The summed E-state index contributed by atoms with van der Waals surface area (Å²) in [5.41, 5.74) is 14.6. The van der Waals surface area contributed by atoms with Gasteiger partial charge in [0.1, 0.15) is 0 Å². The van der Waals surface area contributed by atoms with E-state index in [2.05, 4.69) is 9.47 Å². The van der Waals surface area contributed by atoms with E-state index >= 15 is 0 Å². The van der Waals surface area contributed by atoms with E-state index in [1.165, 1.54) is 27.1 Å². The van der Waals surface area contributed by atoms with Gasteiger partial charge >= 0.3 is 21.1 Å². The normalized spacial score (nSPS) is 19.8. The Labute approximate surface area is 139 Å². The first-order chi connectivity index (χ1) is 9.34. The largest absolute Gasteiger partial charge is 4.00 e. The monoisotopic (exact) mass is 485 g/mol. The Morgan fingerprint density at radius 2 is 1.24 bits per heavy atom. The summed E-state index contributed by atoms with van der Waals surface area (Å²) < 4.78 is 8.28. The van der Waals surface area contributed by atoms with Gasteiger partial charge in [-0.05, 0) is 0 Å². The summed E-state index contributed by atoms with van der Waals surface area (Å²) in [5.74, 6) is -2.37. The molecule has 0 aromatic carbocycles. The van der Waals surface area contributed by atoms with Gasteiger partial charge in [0, 0.05) is 14.2 Å². The second-order valence-electron chi connectivity index (χ2n) is 4.11. The van der Waals surface area contributed by atoms with Crippen LogP contribution in [0.15, 0.2) is 0 Å². The smallest absolute Gasteiger partial charge is 0.676 e. The van der Waals surface area contributed by atoms with Gasteiger partial charge in [-0.15, -0.1) is 0 Å². The van der Waals surface area contributed by atoms with Crippen LogP contribution >= 0.6 is 0 Å². The molecule has 2 N–H and O–H groups in total. The maximum absolute atomic E-state index is 9.36. The minimum atomic E-state index is -1.18. The third-order valence-corrected chi connectivity index (χ3v) is 2.29. The number of nitrogens with one attached hydrogen (secondary N) is 2. The van der Waals surface area contributed by atoms with Crippen LogP contribution in [0.2, 0.25) is 0 Å². The van der Waals surface area contributed by atoms with Gasteiger partial charge in [0.25, 0.3) is 0 Å². The number of aliphatic carboxylic acids is 2. The molecule has 0 unspecified atom stereocenters. The van der Waals surface area contributed by atoms with Crippen molar-refractivity contribution in [1.29, 1.82) is 0 Å². The van der Waals surface area contributed by atoms with Gasteiger partial charge < -0.3 is 40.7 Å². The van der Waals surface area contributed by atoms with Crippen molar-refractivity contribution in [2.45, 2.75) is 37.8 Å². The first kappa shape index (κ1) is 25.4. The molecule has 0 heterocycles. The number of hydrogen-bond donors (Lipinski definition) is 0. The van der Waals surface area contributed by atoms with Gasteiger partial charge in [-0.3, -0.25) is 0 Å². The third kappa shape index (κ3) is 21.9. The van der Waals surface area contributed by atoms with Crippen molar-refractivity contribution < 1.29 is 50.3 Å². The second-order valence-corrected chi connectivity index (χ2v) is 4.11. The molecule has 0 aromatic rings. The van der Waals surface area contributed by atoms with Crippen molar-refractivity contribution >= 4 is 11.9 Å². The van der Waals surface area contributed by atoms with E-state index in [0.29, 0.717) is 0 Å². The fourth-order valence-electron chi connectivity index (χ4n) is 1.37. The molecule has 0 radical (unpaired) electrons. The van der Waals surface area contributed by atoms with Crippen molar-refractivity contribution in [1.82, 2.24) is 0 Å². The van der Waals surface area contributed by atoms with Crippen molar-refractivity contribution in [3.05, 3.63) is 11.5 Å². The van der Waals surface area contributed by atoms with Gasteiger partial charge in [0.2, 0.25) is 0 Å². The third-order valence-electron chi connectivity index (χ3n) is 2.29. The number of ether oxygens (including phenoxy) is 2. The van der Waals surface area contributed by atoms with Crippen LogP contribution in [0.4, 0.5) is 0 Å². The number of hydrogen-bond acceptors (Lipinski definition) is 6. The zero-order valence-corrected chi connectivity index (χ0v) is 14.4. The minimum Gasteiger partial charge on any atom is -0.676 e. The molecule has 0 bridgehead atoms. The summed E-state index contributed by atoms with van der Waals surface area (Å²) >= 11 is 0. The molecule has 1 aliphatic carbocycles. The fourth-order valence-corrected chi connectivity index (χ4v) is 1.37. The fraction of sp³-hybridized carbons (Fsp3) is 0.833. The molecule has 1 aliphatic rings. The zero-order valence-electron chi connectivity index (χ0n) is 12.2. The number of carbonyl (C=O) groups excluding carboxylic acids is 2. The number of carboxylic acid groups (broad SMARTS) is 2. The molecule has 0 aliphatic heterocycles. The maximum atomic E-state index is 9.36. The molecule has 0 amide bonds. The van der Waals surface area contributed by atoms with Gasteiger partial charge in [0.15, 0.2) is 0 Å². The summed E-state index contributed by atoms with van der Waals surface area (Å²) in [4.78, 5) is 18.7. The van der Waals surface area contributed by atoms with Gasteiger partial charge in [0.05, 0.1) is 25.2 Å². The van der Waals surface area contributed by atoms with Crippen LogP contribution in [-0.4, -0.2) is 51.5 Å². The standard InChI is InChI=1S/C6H12N2.2C3H6O3.Pt/c7-5-3-1-2-4-6(5)8;2*1-6-2-3(4)5;/h5-8H,1-4H2;2*2H2,1H3,(H,4,5);/q-2;;;+4/p-2/t5-,6-;;;/m1.../s1. The average molecular weight is 485 g/mol. The molecule has 0 aromatic heterocycles. The molecule has 126 valence electrons. The van der Waals surface area contributed by atoms with Crippen LogP contribution in [0, 0.1) is 0 Å². The van der Waals surface area contributed by atoms with Crippen LogP contribution in [-0.2, 0) is 40.1 Å². The molecule has 1 rings (SSSR count). The summed E-state index contributed by atoms with van der Waals surface area (Å²) in [5, 5.41) is 18.7. The average Bonchev–Trinajstić information content (AvgIpc) is 2.34. The van der Waals surface area contributed by atoms with Gasteiger partial charge in [-0.25, -0.2) is 0 Å². The van der Waals surface area contributed by atoms with Crippen molar-refractivity contribution in [2.75, 3.05) is 27.4 Å². The molecule has 9 heteroatoms. The first-order valence-electron chi connectivity index (χ1n) is 6.14. The van der Waals surface area contributed by atoms with E-state index in [1.54, 1.807) is 0 Å². The van der Waals surface area contributed by atoms with Gasteiger partial charge in [-0.1, -0.05) is 25.7 Å². The van der Waals surface area contributed by atoms with Gasteiger partial charge in [-0.2, -0.15) is 12.1 Å². The molecular weight excluding hydrogens is 463 g/mol. The Balaban J connectivity index is -0.000000231. The molecule has 8 nitrogen and oxygen atoms in total. The first-order valence-corrected chi connectivity index (χ1v) is 6.14. The van der Waals surface area contributed by atoms with Crippen LogP contribution < -0.4 is 10.2 Å².